The molecule has 0 saturated carbocycles. The molecule has 0 aliphatic carbocycles. The monoisotopic (exact) mass is 478 g/mol. The average molecular weight is 479 g/mol. The molecule has 1 aliphatic heterocycles. The van der Waals surface area contributed by atoms with Gasteiger partial charge < -0.3 is 19.4 Å². The number of halogens is 1. The summed E-state index contributed by atoms with van der Waals surface area (Å²) in [6.45, 7) is 8.74. The van der Waals surface area contributed by atoms with Gasteiger partial charge in [0, 0.05) is 18.5 Å². The van der Waals surface area contributed by atoms with Gasteiger partial charge in [0.05, 0.1) is 6.04 Å². The van der Waals surface area contributed by atoms with Crippen LogP contribution in [0.2, 0.25) is 0 Å². The quantitative estimate of drug-likeness (QED) is 0.524. The number of carbonyl (C=O) groups excluding carboxylic acids is 2. The van der Waals surface area contributed by atoms with Crippen LogP contribution in [0.3, 0.4) is 0 Å². The maximum Gasteiger partial charge on any atom is 0.286 e. The molecule has 1 unspecified atom stereocenters. The van der Waals surface area contributed by atoms with Crippen molar-refractivity contribution < 1.29 is 23.1 Å². The number of nitrogens with zero attached hydrogens (tertiary/aromatic N) is 1. The summed E-state index contributed by atoms with van der Waals surface area (Å²) in [7, 11) is 0. The van der Waals surface area contributed by atoms with E-state index in [1.54, 1.807) is 18.2 Å². The second-order valence-corrected chi connectivity index (χ2v) is 9.73. The Labute approximate surface area is 205 Å². The van der Waals surface area contributed by atoms with Gasteiger partial charge in [0.1, 0.15) is 23.9 Å². The van der Waals surface area contributed by atoms with E-state index >= 15 is 0 Å². The molecule has 1 aromatic heterocycles. The number of furan rings is 1. The summed E-state index contributed by atoms with van der Waals surface area (Å²) in [6, 6.07) is 15.1. The van der Waals surface area contributed by atoms with Gasteiger partial charge in [-0.25, -0.2) is 4.39 Å². The Morgan fingerprint density at radius 3 is 2.66 bits per heavy atom. The Morgan fingerprint density at radius 2 is 1.94 bits per heavy atom. The number of carbonyl (C=O) groups is 2. The van der Waals surface area contributed by atoms with Gasteiger partial charge in [-0.15, -0.1) is 0 Å². The number of fused-ring (bicyclic) bond motifs is 1. The Balaban J connectivity index is 1.63. The Bertz CT molecular complexity index is 1230. The zero-order chi connectivity index (χ0) is 25.2. The van der Waals surface area contributed by atoms with Crippen LogP contribution in [0.15, 0.2) is 59.0 Å². The van der Waals surface area contributed by atoms with Gasteiger partial charge in [-0.05, 0) is 66.4 Å². The van der Waals surface area contributed by atoms with Crippen LogP contribution in [0, 0.1) is 11.2 Å². The third-order valence-electron chi connectivity index (χ3n) is 6.02. The predicted octanol–water partition coefficient (Wildman–Crippen LogP) is 5.27. The number of benzene rings is 2. The molecular weight excluding hydrogens is 447 g/mol. The predicted molar refractivity (Wildman–Crippen MR) is 131 cm³/mol. The highest BCUT2D eigenvalue weighted by molar-refractivity contribution is 5.91. The summed E-state index contributed by atoms with van der Waals surface area (Å²) in [6.07, 6.45) is 0.706. The van der Waals surface area contributed by atoms with Crippen molar-refractivity contribution in [2.75, 3.05) is 13.1 Å². The van der Waals surface area contributed by atoms with E-state index in [2.05, 4.69) is 5.32 Å². The molecule has 0 fully saturated rings. The summed E-state index contributed by atoms with van der Waals surface area (Å²) in [5, 5.41) is 2.70. The smallest absolute Gasteiger partial charge is 0.286 e. The zero-order valence-electron chi connectivity index (χ0n) is 20.6. The van der Waals surface area contributed by atoms with Crippen LogP contribution in [0.5, 0.6) is 5.75 Å². The normalized spacial score (nSPS) is 15.5. The molecule has 1 atom stereocenters. The SMILES string of the molecule is CCNC(=O)c1ccc(COc2ccc3c(c2)C(c2cccc(F)c2)N(C(=O)C(C)(C)C)CC3)o1. The molecule has 2 heterocycles. The van der Waals surface area contributed by atoms with Gasteiger partial charge >= 0.3 is 0 Å². The van der Waals surface area contributed by atoms with Crippen LogP contribution in [0.4, 0.5) is 4.39 Å². The third kappa shape index (κ3) is 5.39. The Morgan fingerprint density at radius 1 is 1.14 bits per heavy atom. The first-order valence-electron chi connectivity index (χ1n) is 11.9. The minimum Gasteiger partial charge on any atom is -0.486 e. The van der Waals surface area contributed by atoms with Crippen LogP contribution in [-0.4, -0.2) is 29.8 Å². The minimum absolute atomic E-state index is 0.0113. The van der Waals surface area contributed by atoms with E-state index in [1.807, 2.05) is 56.9 Å². The van der Waals surface area contributed by atoms with Gasteiger partial charge in [0.25, 0.3) is 5.91 Å². The second-order valence-electron chi connectivity index (χ2n) is 9.73. The highest BCUT2D eigenvalue weighted by atomic mass is 19.1. The molecule has 1 aliphatic rings. The van der Waals surface area contributed by atoms with Crippen molar-refractivity contribution in [1.29, 1.82) is 0 Å². The van der Waals surface area contributed by atoms with Gasteiger partial charge in [0.2, 0.25) is 5.91 Å². The van der Waals surface area contributed by atoms with E-state index in [0.717, 1.165) is 16.7 Å². The lowest BCUT2D eigenvalue weighted by atomic mass is 9.85. The maximum absolute atomic E-state index is 14.2. The molecule has 35 heavy (non-hydrogen) atoms. The van der Waals surface area contributed by atoms with Crippen LogP contribution in [0.25, 0.3) is 0 Å². The number of amides is 2. The summed E-state index contributed by atoms with van der Waals surface area (Å²) in [4.78, 5) is 27.1. The fraction of sp³-hybridized carbons (Fsp3) is 0.357. The van der Waals surface area contributed by atoms with Crippen molar-refractivity contribution in [3.8, 4) is 5.75 Å². The van der Waals surface area contributed by atoms with Crippen molar-refractivity contribution >= 4 is 11.8 Å². The van der Waals surface area contributed by atoms with Gasteiger partial charge in [0.15, 0.2) is 5.76 Å². The Hall–Kier alpha value is -3.61. The molecule has 0 saturated heterocycles. The van der Waals surface area contributed by atoms with Crippen LogP contribution in [-0.2, 0) is 17.8 Å². The van der Waals surface area contributed by atoms with Gasteiger partial charge in [-0.2, -0.15) is 0 Å². The van der Waals surface area contributed by atoms with Crippen molar-refractivity contribution in [2.24, 2.45) is 5.41 Å². The molecule has 0 spiro atoms. The average Bonchev–Trinajstić information content (AvgIpc) is 3.30. The fourth-order valence-electron chi connectivity index (χ4n) is 4.35. The molecule has 3 aromatic rings. The number of rotatable bonds is 6. The van der Waals surface area contributed by atoms with Gasteiger partial charge in [-0.1, -0.05) is 39.0 Å². The van der Waals surface area contributed by atoms with Crippen LogP contribution in [0.1, 0.15) is 66.7 Å². The summed E-state index contributed by atoms with van der Waals surface area (Å²) in [5.41, 5.74) is 2.16. The van der Waals surface area contributed by atoms with Crippen molar-refractivity contribution in [3.63, 3.8) is 0 Å². The van der Waals surface area contributed by atoms with Crippen LogP contribution >= 0.6 is 0 Å². The van der Waals surface area contributed by atoms with E-state index in [1.165, 1.54) is 12.1 Å². The Kier molecular flexibility index (Phi) is 6.96. The van der Waals surface area contributed by atoms with Gasteiger partial charge in [-0.3, -0.25) is 9.59 Å². The second kappa shape index (κ2) is 9.94. The number of ether oxygens (including phenoxy) is 1. The molecule has 0 bridgehead atoms. The maximum atomic E-state index is 14.2. The number of hydrogen-bond donors (Lipinski definition) is 1. The lowest BCUT2D eigenvalue weighted by Crippen LogP contribution is -2.45. The van der Waals surface area contributed by atoms with E-state index in [4.69, 9.17) is 9.15 Å². The molecule has 1 N–H and O–H groups in total. The zero-order valence-corrected chi connectivity index (χ0v) is 20.6. The van der Waals surface area contributed by atoms with E-state index < -0.39 is 11.5 Å². The molecule has 6 nitrogen and oxygen atoms in total. The number of nitrogens with one attached hydrogen (secondary N) is 1. The van der Waals surface area contributed by atoms with E-state index in [0.29, 0.717) is 31.0 Å². The third-order valence-corrected chi connectivity index (χ3v) is 6.02. The molecule has 4 rings (SSSR count). The highest BCUT2D eigenvalue weighted by Crippen LogP contribution is 2.39. The lowest BCUT2D eigenvalue weighted by molar-refractivity contribution is -0.141. The molecule has 7 heteroatoms. The summed E-state index contributed by atoms with van der Waals surface area (Å²) < 4.78 is 25.8. The molecule has 0 radical (unpaired) electrons. The summed E-state index contributed by atoms with van der Waals surface area (Å²) in [5.74, 6) is 0.761. The van der Waals surface area contributed by atoms with Crippen molar-refractivity contribution in [1.82, 2.24) is 10.2 Å². The van der Waals surface area contributed by atoms with Crippen LogP contribution < -0.4 is 10.1 Å². The molecule has 184 valence electrons. The topological polar surface area (TPSA) is 71.8 Å². The first-order valence-corrected chi connectivity index (χ1v) is 11.9. The molecule has 2 aromatic carbocycles. The van der Waals surface area contributed by atoms with Crippen molar-refractivity contribution in [3.05, 3.63) is 88.6 Å². The van der Waals surface area contributed by atoms with Crippen molar-refractivity contribution in [2.45, 2.75) is 46.8 Å². The van der Waals surface area contributed by atoms with E-state index in [9.17, 15) is 14.0 Å². The summed E-state index contributed by atoms with van der Waals surface area (Å²) >= 11 is 0. The first kappa shape index (κ1) is 24.5. The number of hydrogen-bond acceptors (Lipinski definition) is 4. The standard InChI is InChI=1S/C28H31FN2O4/c1-5-30-26(32)24-12-11-22(35-24)17-34-21-10-9-18-13-14-31(27(33)28(2,3)4)25(23(18)16-21)19-7-6-8-20(29)15-19/h6-12,15-16,25H,5,13-14,17H2,1-4H3,(H,30,32). The molecular formula is C28H31FN2O4. The highest BCUT2D eigenvalue weighted by Gasteiger charge is 2.37. The molecule has 2 amide bonds. The first-order chi connectivity index (χ1) is 16.7. The van der Waals surface area contributed by atoms with E-state index in [-0.39, 0.29) is 30.0 Å². The lowest BCUT2D eigenvalue weighted by Gasteiger charge is -2.41. The fourth-order valence-corrected chi connectivity index (χ4v) is 4.35. The largest absolute Gasteiger partial charge is 0.486 e. The minimum atomic E-state index is -0.571.